The van der Waals surface area contributed by atoms with E-state index >= 15 is 0 Å². The van der Waals surface area contributed by atoms with Crippen molar-refractivity contribution in [3.8, 4) is 0 Å². The number of carbonyl (C=O) groups is 2. The first-order valence-electron chi connectivity index (χ1n) is 8.40. The van der Waals surface area contributed by atoms with E-state index in [0.717, 1.165) is 25.1 Å². The van der Waals surface area contributed by atoms with Crippen molar-refractivity contribution in [1.29, 1.82) is 0 Å². The summed E-state index contributed by atoms with van der Waals surface area (Å²) in [4.78, 5) is 27.6. The molecule has 0 radical (unpaired) electrons. The molecule has 126 valence electrons. The first-order valence-corrected chi connectivity index (χ1v) is 8.40. The van der Waals surface area contributed by atoms with Crippen LogP contribution in [0.25, 0.3) is 0 Å². The number of quaternary nitrogens is 1. The van der Waals surface area contributed by atoms with Crippen LogP contribution >= 0.6 is 0 Å². The minimum Gasteiger partial charge on any atom is -0.346 e. The van der Waals surface area contributed by atoms with E-state index < -0.39 is 0 Å². The van der Waals surface area contributed by atoms with Gasteiger partial charge in [-0.25, -0.2) is 0 Å². The predicted molar refractivity (Wildman–Crippen MR) is 90.4 cm³/mol. The Balaban J connectivity index is 1.80. The molecule has 2 rings (SSSR count). The monoisotopic (exact) mass is 318 g/mol. The molecule has 0 unspecified atom stereocenters. The number of benzene rings is 1. The number of carbonyl (C=O) groups excluding carboxylic acids is 2. The van der Waals surface area contributed by atoms with Crippen molar-refractivity contribution >= 4 is 11.8 Å². The SMILES string of the molecule is CCC(C)(C)NC(=O)C[NH+]1CCN(C(=O)c2ccccc2)CC1. The number of piperazine rings is 1. The van der Waals surface area contributed by atoms with Crippen LogP contribution in [-0.2, 0) is 4.79 Å². The maximum absolute atomic E-state index is 12.4. The highest BCUT2D eigenvalue weighted by molar-refractivity contribution is 5.94. The minimum atomic E-state index is -0.151. The van der Waals surface area contributed by atoms with Gasteiger partial charge in [-0.3, -0.25) is 9.59 Å². The Morgan fingerprint density at radius 3 is 2.35 bits per heavy atom. The fourth-order valence-electron chi connectivity index (χ4n) is 2.70. The molecule has 1 fully saturated rings. The molecule has 1 saturated heterocycles. The lowest BCUT2D eigenvalue weighted by Crippen LogP contribution is -3.16. The van der Waals surface area contributed by atoms with E-state index in [4.69, 9.17) is 0 Å². The zero-order chi connectivity index (χ0) is 16.9. The largest absolute Gasteiger partial charge is 0.346 e. The summed E-state index contributed by atoms with van der Waals surface area (Å²) in [6.45, 7) is 9.67. The average molecular weight is 318 g/mol. The number of hydrogen-bond acceptors (Lipinski definition) is 2. The van der Waals surface area contributed by atoms with Crippen LogP contribution in [0, 0.1) is 0 Å². The molecule has 1 aliphatic rings. The van der Waals surface area contributed by atoms with Crippen LogP contribution in [0.2, 0.25) is 0 Å². The van der Waals surface area contributed by atoms with Gasteiger partial charge in [0.1, 0.15) is 0 Å². The highest BCUT2D eigenvalue weighted by Gasteiger charge is 2.27. The van der Waals surface area contributed by atoms with Crippen molar-refractivity contribution in [2.75, 3.05) is 32.7 Å². The summed E-state index contributed by atoms with van der Waals surface area (Å²) in [6.07, 6.45) is 0.910. The predicted octanol–water partition coefficient (Wildman–Crippen LogP) is 0.332. The van der Waals surface area contributed by atoms with Gasteiger partial charge in [-0.1, -0.05) is 25.1 Å². The zero-order valence-corrected chi connectivity index (χ0v) is 14.4. The summed E-state index contributed by atoms with van der Waals surface area (Å²) in [5.74, 6) is 0.177. The Kier molecular flexibility index (Phi) is 5.77. The first-order chi connectivity index (χ1) is 10.9. The molecule has 1 aromatic rings. The summed E-state index contributed by atoms with van der Waals surface area (Å²) in [5.41, 5.74) is 0.583. The Morgan fingerprint density at radius 2 is 1.78 bits per heavy atom. The van der Waals surface area contributed by atoms with Crippen molar-refractivity contribution < 1.29 is 14.5 Å². The molecular formula is C18H28N3O2+. The molecule has 1 aromatic carbocycles. The molecular weight excluding hydrogens is 290 g/mol. The van der Waals surface area contributed by atoms with Gasteiger partial charge in [0.05, 0.1) is 26.2 Å². The second-order valence-corrected chi connectivity index (χ2v) is 6.87. The smallest absolute Gasteiger partial charge is 0.275 e. The number of hydrogen-bond donors (Lipinski definition) is 2. The van der Waals surface area contributed by atoms with E-state index in [-0.39, 0.29) is 17.4 Å². The van der Waals surface area contributed by atoms with Crippen LogP contribution in [0.15, 0.2) is 30.3 Å². The van der Waals surface area contributed by atoms with Gasteiger partial charge >= 0.3 is 0 Å². The second kappa shape index (κ2) is 7.59. The van der Waals surface area contributed by atoms with E-state index in [9.17, 15) is 9.59 Å². The third-order valence-electron chi connectivity index (χ3n) is 4.55. The summed E-state index contributed by atoms with van der Waals surface area (Å²) in [6, 6.07) is 9.38. The van der Waals surface area contributed by atoms with Crippen molar-refractivity contribution in [2.45, 2.75) is 32.7 Å². The minimum absolute atomic E-state index is 0.0845. The number of amides is 2. The van der Waals surface area contributed by atoms with E-state index in [1.54, 1.807) is 0 Å². The van der Waals surface area contributed by atoms with Gasteiger partial charge in [-0.05, 0) is 32.4 Å². The van der Waals surface area contributed by atoms with E-state index in [2.05, 4.69) is 12.2 Å². The van der Waals surface area contributed by atoms with E-state index in [1.165, 1.54) is 4.90 Å². The molecule has 23 heavy (non-hydrogen) atoms. The normalized spacial score (nSPS) is 16.2. The summed E-state index contributed by atoms with van der Waals surface area (Å²) in [7, 11) is 0. The standard InChI is InChI=1S/C18H27N3O2/c1-4-18(2,3)19-16(22)14-20-10-12-21(13-11-20)17(23)15-8-6-5-7-9-15/h5-9H,4,10-14H2,1-3H3,(H,19,22)/p+1. The van der Waals surface area contributed by atoms with Crippen LogP contribution in [0.5, 0.6) is 0 Å². The average Bonchev–Trinajstić information content (AvgIpc) is 2.55. The topological polar surface area (TPSA) is 53.9 Å². The molecule has 0 spiro atoms. The van der Waals surface area contributed by atoms with Gasteiger partial charge in [0.25, 0.3) is 11.8 Å². The van der Waals surface area contributed by atoms with Crippen molar-refractivity contribution in [2.24, 2.45) is 0 Å². The summed E-state index contributed by atoms with van der Waals surface area (Å²) < 4.78 is 0. The molecule has 0 atom stereocenters. The molecule has 0 saturated carbocycles. The first kappa shape index (κ1) is 17.5. The quantitative estimate of drug-likeness (QED) is 0.822. The van der Waals surface area contributed by atoms with Crippen molar-refractivity contribution in [1.82, 2.24) is 10.2 Å². The second-order valence-electron chi connectivity index (χ2n) is 6.87. The molecule has 1 aliphatic heterocycles. The van der Waals surface area contributed by atoms with Crippen LogP contribution in [0.4, 0.5) is 0 Å². The van der Waals surface area contributed by atoms with Gasteiger partial charge < -0.3 is 15.1 Å². The van der Waals surface area contributed by atoms with Crippen LogP contribution in [0.1, 0.15) is 37.6 Å². The number of nitrogens with one attached hydrogen (secondary N) is 2. The fraction of sp³-hybridized carbons (Fsp3) is 0.556. The van der Waals surface area contributed by atoms with Crippen molar-refractivity contribution in [3.05, 3.63) is 35.9 Å². The van der Waals surface area contributed by atoms with Crippen molar-refractivity contribution in [3.63, 3.8) is 0 Å². The summed E-state index contributed by atoms with van der Waals surface area (Å²) >= 11 is 0. The highest BCUT2D eigenvalue weighted by atomic mass is 16.2. The van der Waals surface area contributed by atoms with E-state index in [0.29, 0.717) is 19.6 Å². The maximum atomic E-state index is 12.4. The summed E-state index contributed by atoms with van der Waals surface area (Å²) in [5, 5.41) is 3.07. The Labute approximate surface area is 138 Å². The highest BCUT2D eigenvalue weighted by Crippen LogP contribution is 2.06. The molecule has 2 amide bonds. The maximum Gasteiger partial charge on any atom is 0.275 e. The molecule has 5 nitrogen and oxygen atoms in total. The third kappa shape index (κ3) is 5.06. The molecule has 0 aromatic heterocycles. The van der Waals surface area contributed by atoms with Gasteiger partial charge in [-0.2, -0.15) is 0 Å². The van der Waals surface area contributed by atoms with E-state index in [1.807, 2.05) is 49.1 Å². The molecule has 2 N–H and O–H groups in total. The molecule has 5 heteroatoms. The number of nitrogens with zero attached hydrogens (tertiary/aromatic N) is 1. The molecule has 0 bridgehead atoms. The lowest BCUT2D eigenvalue weighted by Gasteiger charge is -2.33. The molecule has 1 heterocycles. The lowest BCUT2D eigenvalue weighted by molar-refractivity contribution is -0.896. The van der Waals surface area contributed by atoms with Crippen LogP contribution in [-0.4, -0.2) is 55.0 Å². The van der Waals surface area contributed by atoms with Crippen LogP contribution < -0.4 is 10.2 Å². The number of rotatable bonds is 5. The zero-order valence-electron chi connectivity index (χ0n) is 14.4. The van der Waals surface area contributed by atoms with Gasteiger partial charge in [0.2, 0.25) is 0 Å². The fourth-order valence-corrected chi connectivity index (χ4v) is 2.70. The van der Waals surface area contributed by atoms with Gasteiger partial charge in [0.15, 0.2) is 6.54 Å². The Bertz CT molecular complexity index is 534. The van der Waals surface area contributed by atoms with Crippen LogP contribution in [0.3, 0.4) is 0 Å². The molecule has 0 aliphatic carbocycles. The third-order valence-corrected chi connectivity index (χ3v) is 4.55. The lowest BCUT2D eigenvalue weighted by atomic mass is 10.0. The van der Waals surface area contributed by atoms with Gasteiger partial charge in [-0.15, -0.1) is 0 Å². The Morgan fingerprint density at radius 1 is 1.17 bits per heavy atom. The Hall–Kier alpha value is -1.88. The van der Waals surface area contributed by atoms with Gasteiger partial charge in [0, 0.05) is 11.1 Å².